The summed E-state index contributed by atoms with van der Waals surface area (Å²) >= 11 is 0. The molecule has 1 rings (SSSR count). The Morgan fingerprint density at radius 3 is 2.76 bits per heavy atom. The van der Waals surface area contributed by atoms with Gasteiger partial charge >= 0.3 is 0 Å². The zero-order valence-corrected chi connectivity index (χ0v) is 10.9. The fourth-order valence-corrected chi connectivity index (χ4v) is 1.47. The van der Waals surface area contributed by atoms with E-state index in [4.69, 9.17) is 4.74 Å². The molecule has 0 aliphatic heterocycles. The van der Waals surface area contributed by atoms with Crippen molar-refractivity contribution in [2.75, 3.05) is 33.8 Å². The summed E-state index contributed by atoms with van der Waals surface area (Å²) in [5.41, 5.74) is 0.893. The molecule has 0 aliphatic carbocycles. The van der Waals surface area contributed by atoms with E-state index in [0.717, 1.165) is 25.2 Å². The summed E-state index contributed by atoms with van der Waals surface area (Å²) in [6.45, 7) is 5.78. The SMILES string of the molecule is CCN(C)CCNCc1ccc(OC)cc1O. The van der Waals surface area contributed by atoms with Crippen LogP contribution in [0, 0.1) is 0 Å². The van der Waals surface area contributed by atoms with E-state index in [-0.39, 0.29) is 5.75 Å². The summed E-state index contributed by atoms with van der Waals surface area (Å²) in [7, 11) is 3.68. The van der Waals surface area contributed by atoms with Crippen LogP contribution in [-0.2, 0) is 6.54 Å². The van der Waals surface area contributed by atoms with Crippen molar-refractivity contribution in [3.8, 4) is 11.5 Å². The molecule has 0 saturated carbocycles. The molecule has 0 fully saturated rings. The van der Waals surface area contributed by atoms with Crippen LogP contribution in [0.1, 0.15) is 12.5 Å². The van der Waals surface area contributed by atoms with E-state index in [1.807, 2.05) is 12.1 Å². The largest absolute Gasteiger partial charge is 0.507 e. The van der Waals surface area contributed by atoms with Gasteiger partial charge in [0.2, 0.25) is 0 Å². The second kappa shape index (κ2) is 7.14. The molecule has 0 amide bonds. The van der Waals surface area contributed by atoms with Gasteiger partial charge in [0.15, 0.2) is 0 Å². The van der Waals surface area contributed by atoms with E-state index >= 15 is 0 Å². The first-order chi connectivity index (χ1) is 8.17. The number of rotatable bonds is 7. The van der Waals surface area contributed by atoms with E-state index in [1.165, 1.54) is 0 Å². The molecule has 1 aromatic rings. The van der Waals surface area contributed by atoms with Gasteiger partial charge in [0.25, 0.3) is 0 Å². The van der Waals surface area contributed by atoms with E-state index < -0.39 is 0 Å². The van der Waals surface area contributed by atoms with Gasteiger partial charge < -0.3 is 20.1 Å². The molecular formula is C13H22N2O2. The van der Waals surface area contributed by atoms with Crippen molar-refractivity contribution in [1.82, 2.24) is 10.2 Å². The van der Waals surface area contributed by atoms with Gasteiger partial charge in [-0.05, 0) is 19.7 Å². The lowest BCUT2D eigenvalue weighted by Gasteiger charge is -2.14. The maximum atomic E-state index is 9.75. The lowest BCUT2D eigenvalue weighted by atomic mass is 10.2. The summed E-state index contributed by atoms with van der Waals surface area (Å²) in [4.78, 5) is 2.24. The number of phenolic OH excluding ortho intramolecular Hbond substituents is 1. The quantitative estimate of drug-likeness (QED) is 0.706. The van der Waals surface area contributed by atoms with Crippen molar-refractivity contribution in [1.29, 1.82) is 0 Å². The highest BCUT2D eigenvalue weighted by atomic mass is 16.5. The molecule has 4 heteroatoms. The summed E-state index contributed by atoms with van der Waals surface area (Å²) in [5.74, 6) is 0.956. The van der Waals surface area contributed by atoms with E-state index in [0.29, 0.717) is 12.3 Å². The van der Waals surface area contributed by atoms with Gasteiger partial charge in [-0.1, -0.05) is 13.0 Å². The molecule has 0 radical (unpaired) electrons. The Hall–Kier alpha value is -1.26. The van der Waals surface area contributed by atoms with Gasteiger partial charge in [-0.25, -0.2) is 0 Å². The highest BCUT2D eigenvalue weighted by molar-refractivity contribution is 5.39. The van der Waals surface area contributed by atoms with Gasteiger partial charge in [0.05, 0.1) is 7.11 Å². The average molecular weight is 238 g/mol. The van der Waals surface area contributed by atoms with Crippen LogP contribution in [0.2, 0.25) is 0 Å². The van der Waals surface area contributed by atoms with Gasteiger partial charge in [0, 0.05) is 31.3 Å². The molecule has 0 aromatic heterocycles. The van der Waals surface area contributed by atoms with Crippen LogP contribution >= 0.6 is 0 Å². The average Bonchev–Trinajstić information content (AvgIpc) is 2.35. The van der Waals surface area contributed by atoms with Gasteiger partial charge in [-0.3, -0.25) is 0 Å². The second-order valence-corrected chi connectivity index (χ2v) is 4.07. The Morgan fingerprint density at radius 1 is 1.41 bits per heavy atom. The topological polar surface area (TPSA) is 44.7 Å². The van der Waals surface area contributed by atoms with E-state index in [1.54, 1.807) is 13.2 Å². The summed E-state index contributed by atoms with van der Waals surface area (Å²) < 4.78 is 5.03. The van der Waals surface area contributed by atoms with Gasteiger partial charge in [-0.2, -0.15) is 0 Å². The molecule has 0 spiro atoms. The third-order valence-electron chi connectivity index (χ3n) is 2.82. The van der Waals surface area contributed by atoms with Crippen molar-refractivity contribution in [3.63, 3.8) is 0 Å². The maximum Gasteiger partial charge on any atom is 0.123 e. The lowest BCUT2D eigenvalue weighted by Crippen LogP contribution is -2.28. The number of hydrogen-bond donors (Lipinski definition) is 2. The van der Waals surface area contributed by atoms with E-state index in [2.05, 4.69) is 24.2 Å². The monoisotopic (exact) mass is 238 g/mol. The second-order valence-electron chi connectivity index (χ2n) is 4.07. The minimum absolute atomic E-state index is 0.278. The number of aromatic hydroxyl groups is 1. The fraction of sp³-hybridized carbons (Fsp3) is 0.538. The van der Waals surface area contributed by atoms with Crippen LogP contribution in [0.4, 0.5) is 0 Å². The first kappa shape index (κ1) is 13.8. The minimum atomic E-state index is 0.278. The highest BCUT2D eigenvalue weighted by Gasteiger charge is 2.02. The Morgan fingerprint density at radius 2 is 2.18 bits per heavy atom. The van der Waals surface area contributed by atoms with Crippen molar-refractivity contribution >= 4 is 0 Å². The van der Waals surface area contributed by atoms with E-state index in [9.17, 15) is 5.11 Å². The zero-order valence-electron chi connectivity index (χ0n) is 10.9. The molecule has 0 heterocycles. The Balaban J connectivity index is 2.36. The van der Waals surface area contributed by atoms with Crippen LogP contribution < -0.4 is 10.1 Å². The smallest absolute Gasteiger partial charge is 0.123 e. The van der Waals surface area contributed by atoms with Gasteiger partial charge in [-0.15, -0.1) is 0 Å². The Kier molecular flexibility index (Phi) is 5.80. The van der Waals surface area contributed by atoms with Crippen LogP contribution in [0.25, 0.3) is 0 Å². The number of nitrogens with one attached hydrogen (secondary N) is 1. The van der Waals surface area contributed by atoms with Crippen LogP contribution in [0.3, 0.4) is 0 Å². The number of hydrogen-bond acceptors (Lipinski definition) is 4. The fourth-order valence-electron chi connectivity index (χ4n) is 1.47. The van der Waals surface area contributed by atoms with Crippen LogP contribution in [-0.4, -0.2) is 43.8 Å². The third kappa shape index (κ3) is 4.63. The molecule has 0 unspecified atom stereocenters. The molecule has 0 atom stereocenters. The van der Waals surface area contributed by atoms with Crippen molar-refractivity contribution in [2.24, 2.45) is 0 Å². The van der Waals surface area contributed by atoms with Gasteiger partial charge in [0.1, 0.15) is 11.5 Å². The molecule has 96 valence electrons. The normalized spacial score (nSPS) is 10.8. The van der Waals surface area contributed by atoms with Crippen molar-refractivity contribution < 1.29 is 9.84 Å². The summed E-state index contributed by atoms with van der Waals surface area (Å²) in [5, 5.41) is 13.0. The molecule has 0 saturated heterocycles. The predicted molar refractivity (Wildman–Crippen MR) is 69.5 cm³/mol. The predicted octanol–water partition coefficient (Wildman–Crippen LogP) is 1.44. The molecule has 4 nitrogen and oxygen atoms in total. The number of phenols is 1. The Bertz CT molecular complexity index is 342. The standard InChI is InChI=1S/C13H22N2O2/c1-4-15(2)8-7-14-10-11-5-6-12(17-3)9-13(11)16/h5-6,9,14,16H,4,7-8,10H2,1-3H3. The maximum absolute atomic E-state index is 9.75. The molecule has 0 aliphatic rings. The molecule has 0 bridgehead atoms. The Labute approximate surface area is 103 Å². The molecule has 1 aromatic carbocycles. The van der Waals surface area contributed by atoms with Crippen molar-refractivity contribution in [2.45, 2.75) is 13.5 Å². The number of likely N-dealkylation sites (N-methyl/N-ethyl adjacent to an activating group) is 1. The van der Waals surface area contributed by atoms with Crippen molar-refractivity contribution in [3.05, 3.63) is 23.8 Å². The number of ether oxygens (including phenoxy) is 1. The minimum Gasteiger partial charge on any atom is -0.507 e. The highest BCUT2D eigenvalue weighted by Crippen LogP contribution is 2.22. The lowest BCUT2D eigenvalue weighted by molar-refractivity contribution is 0.348. The zero-order chi connectivity index (χ0) is 12.7. The first-order valence-electron chi connectivity index (χ1n) is 5.92. The number of nitrogens with zero attached hydrogens (tertiary/aromatic N) is 1. The first-order valence-corrected chi connectivity index (χ1v) is 5.92. The third-order valence-corrected chi connectivity index (χ3v) is 2.82. The van der Waals surface area contributed by atoms with Crippen LogP contribution in [0.5, 0.6) is 11.5 Å². The van der Waals surface area contributed by atoms with Crippen LogP contribution in [0.15, 0.2) is 18.2 Å². The molecular weight excluding hydrogens is 216 g/mol. The number of methoxy groups -OCH3 is 1. The molecule has 2 N–H and O–H groups in total. The number of benzene rings is 1. The summed E-state index contributed by atoms with van der Waals surface area (Å²) in [6, 6.07) is 5.37. The summed E-state index contributed by atoms with van der Waals surface area (Å²) in [6.07, 6.45) is 0. The molecule has 17 heavy (non-hydrogen) atoms.